The summed E-state index contributed by atoms with van der Waals surface area (Å²) in [5.74, 6) is 0.925. The Kier molecular flexibility index (Phi) is 3.39. The lowest BCUT2D eigenvalue weighted by Gasteiger charge is -2.16. The lowest BCUT2D eigenvalue weighted by atomic mass is 10.1. The van der Waals surface area contributed by atoms with Crippen LogP contribution in [0.1, 0.15) is 5.56 Å². The van der Waals surface area contributed by atoms with Gasteiger partial charge in [-0.15, -0.1) is 0 Å². The number of benzene rings is 1. The van der Waals surface area contributed by atoms with Crippen molar-refractivity contribution in [3.63, 3.8) is 0 Å². The zero-order valence-corrected chi connectivity index (χ0v) is 11.1. The summed E-state index contributed by atoms with van der Waals surface area (Å²) >= 11 is 0. The minimum absolute atomic E-state index is 0.148. The number of hydrogen-bond acceptors (Lipinski definition) is 4. The number of nitrogens with one attached hydrogen (secondary N) is 1. The fraction of sp³-hybridized carbons (Fsp3) is 0.133. The molecule has 21 heavy (non-hydrogen) atoms. The predicted octanol–water partition coefficient (Wildman–Crippen LogP) is 1.82. The van der Waals surface area contributed by atoms with Crippen LogP contribution in [-0.4, -0.2) is 22.3 Å². The molecule has 1 amide bonds. The minimum atomic E-state index is -0.258. The number of para-hydroxylation sites is 1. The summed E-state index contributed by atoms with van der Waals surface area (Å²) in [5, 5.41) is 15.3. The number of carbonyl (C=O) groups excluding carboxylic acids is 1. The summed E-state index contributed by atoms with van der Waals surface area (Å²) in [6.45, 7) is 0.372. The van der Waals surface area contributed by atoms with Gasteiger partial charge in [-0.25, -0.2) is 0 Å². The van der Waals surface area contributed by atoms with Crippen LogP contribution in [0.15, 0.2) is 42.1 Å². The first-order valence-corrected chi connectivity index (χ1v) is 6.40. The third kappa shape index (κ3) is 2.77. The number of amides is 1. The van der Waals surface area contributed by atoms with Crippen molar-refractivity contribution in [1.82, 2.24) is 9.78 Å². The van der Waals surface area contributed by atoms with Crippen molar-refractivity contribution in [2.24, 2.45) is 0 Å². The number of aromatic nitrogens is 2. The zero-order chi connectivity index (χ0) is 14.7. The quantitative estimate of drug-likeness (QED) is 0.930. The molecule has 2 aromatic rings. The van der Waals surface area contributed by atoms with E-state index in [9.17, 15) is 4.79 Å². The van der Waals surface area contributed by atoms with E-state index < -0.39 is 0 Å². The maximum atomic E-state index is 12.2. The molecule has 0 aliphatic carbocycles. The van der Waals surface area contributed by atoms with Gasteiger partial charge in [-0.1, -0.05) is 18.2 Å². The van der Waals surface area contributed by atoms with Gasteiger partial charge in [0.2, 0.25) is 0 Å². The molecule has 1 N–H and O–H groups in total. The maximum absolute atomic E-state index is 12.2. The Morgan fingerprint density at radius 1 is 1.43 bits per heavy atom. The summed E-state index contributed by atoms with van der Waals surface area (Å²) in [7, 11) is 0. The average molecular weight is 280 g/mol. The Bertz CT molecular complexity index is 755. The van der Waals surface area contributed by atoms with Gasteiger partial charge in [-0.3, -0.25) is 9.48 Å². The van der Waals surface area contributed by atoms with Gasteiger partial charge in [0.15, 0.2) is 5.82 Å². The van der Waals surface area contributed by atoms with Crippen LogP contribution < -0.4 is 10.1 Å². The van der Waals surface area contributed by atoms with E-state index in [0.29, 0.717) is 11.4 Å². The van der Waals surface area contributed by atoms with Gasteiger partial charge in [0.1, 0.15) is 18.9 Å². The number of nitriles is 1. The van der Waals surface area contributed by atoms with E-state index >= 15 is 0 Å². The fourth-order valence-electron chi connectivity index (χ4n) is 2.03. The van der Waals surface area contributed by atoms with Gasteiger partial charge < -0.3 is 10.1 Å². The molecule has 1 aromatic carbocycles. The Morgan fingerprint density at radius 3 is 3.14 bits per heavy atom. The Morgan fingerprint density at radius 2 is 2.29 bits per heavy atom. The van der Waals surface area contributed by atoms with Crippen LogP contribution in [-0.2, 0) is 11.3 Å². The van der Waals surface area contributed by atoms with Crippen LogP contribution in [0.5, 0.6) is 5.75 Å². The number of fused-ring (bicyclic) bond motifs is 1. The molecule has 0 fully saturated rings. The standard InChI is InChI=1S/C15H12N4O2/c16-6-8-19-7-5-14(18-19)17-15(20)12-9-11-3-1-2-4-13(11)21-10-12/h1-5,7,9H,8,10H2,(H,17,18,20). The molecular formula is C15H12N4O2. The molecule has 0 bridgehead atoms. The molecule has 0 saturated carbocycles. The third-order valence-electron chi connectivity index (χ3n) is 3.04. The highest BCUT2D eigenvalue weighted by atomic mass is 16.5. The topological polar surface area (TPSA) is 79.9 Å². The Labute approximate surface area is 121 Å². The van der Waals surface area contributed by atoms with Crippen LogP contribution in [0, 0.1) is 11.3 Å². The molecule has 0 saturated heterocycles. The molecule has 1 aliphatic rings. The molecule has 6 heteroatoms. The summed E-state index contributed by atoms with van der Waals surface area (Å²) in [6.07, 6.45) is 3.44. The van der Waals surface area contributed by atoms with Crippen molar-refractivity contribution in [3.05, 3.63) is 47.7 Å². The monoisotopic (exact) mass is 280 g/mol. The molecule has 104 valence electrons. The second-order valence-electron chi connectivity index (χ2n) is 4.51. The van der Waals surface area contributed by atoms with E-state index in [1.807, 2.05) is 30.3 Å². The summed E-state index contributed by atoms with van der Waals surface area (Å²) in [5.41, 5.74) is 1.41. The summed E-state index contributed by atoms with van der Waals surface area (Å²) in [4.78, 5) is 12.2. The van der Waals surface area contributed by atoms with Crippen molar-refractivity contribution >= 4 is 17.8 Å². The van der Waals surface area contributed by atoms with Crippen molar-refractivity contribution in [3.8, 4) is 11.8 Å². The Balaban J connectivity index is 1.74. The van der Waals surface area contributed by atoms with Crippen molar-refractivity contribution in [2.45, 2.75) is 6.54 Å². The van der Waals surface area contributed by atoms with Gasteiger partial charge in [-0.2, -0.15) is 10.4 Å². The number of carbonyl (C=O) groups is 1. The molecule has 2 heterocycles. The largest absolute Gasteiger partial charge is 0.488 e. The summed E-state index contributed by atoms with van der Waals surface area (Å²) < 4.78 is 7.00. The maximum Gasteiger partial charge on any atom is 0.256 e. The normalized spacial score (nSPS) is 12.6. The fourth-order valence-corrected chi connectivity index (χ4v) is 2.03. The smallest absolute Gasteiger partial charge is 0.256 e. The van der Waals surface area contributed by atoms with Crippen LogP contribution in [0.3, 0.4) is 0 Å². The lowest BCUT2D eigenvalue weighted by Crippen LogP contribution is -2.21. The molecule has 0 unspecified atom stereocenters. The number of rotatable bonds is 3. The average Bonchev–Trinajstić information content (AvgIpc) is 2.94. The molecule has 1 aliphatic heterocycles. The lowest BCUT2D eigenvalue weighted by molar-refractivity contribution is -0.113. The van der Waals surface area contributed by atoms with Gasteiger partial charge in [0, 0.05) is 17.8 Å². The predicted molar refractivity (Wildman–Crippen MR) is 76.4 cm³/mol. The number of hydrogen-bond donors (Lipinski definition) is 1. The first-order chi connectivity index (χ1) is 10.3. The zero-order valence-electron chi connectivity index (χ0n) is 11.1. The Hall–Kier alpha value is -3.07. The van der Waals surface area contributed by atoms with E-state index in [1.165, 1.54) is 4.68 Å². The number of ether oxygens (including phenoxy) is 1. The van der Waals surface area contributed by atoms with Crippen molar-refractivity contribution < 1.29 is 9.53 Å². The van der Waals surface area contributed by atoms with E-state index in [0.717, 1.165) is 11.3 Å². The van der Waals surface area contributed by atoms with Crippen molar-refractivity contribution in [2.75, 3.05) is 11.9 Å². The van der Waals surface area contributed by atoms with Gasteiger partial charge >= 0.3 is 0 Å². The van der Waals surface area contributed by atoms with E-state index in [2.05, 4.69) is 10.4 Å². The van der Waals surface area contributed by atoms with Gasteiger partial charge in [0.05, 0.1) is 11.6 Å². The highest BCUT2D eigenvalue weighted by Gasteiger charge is 2.17. The molecule has 0 radical (unpaired) electrons. The second kappa shape index (κ2) is 5.51. The van der Waals surface area contributed by atoms with E-state index in [1.54, 1.807) is 18.3 Å². The van der Waals surface area contributed by atoms with Crippen LogP contribution in [0.4, 0.5) is 5.82 Å². The minimum Gasteiger partial charge on any atom is -0.488 e. The van der Waals surface area contributed by atoms with Crippen molar-refractivity contribution in [1.29, 1.82) is 5.26 Å². The van der Waals surface area contributed by atoms with E-state index in [4.69, 9.17) is 10.00 Å². The number of nitrogens with zero attached hydrogens (tertiary/aromatic N) is 3. The van der Waals surface area contributed by atoms with Gasteiger partial charge in [-0.05, 0) is 12.1 Å². The molecular weight excluding hydrogens is 268 g/mol. The first kappa shape index (κ1) is 12.9. The van der Waals surface area contributed by atoms with E-state index in [-0.39, 0.29) is 19.1 Å². The highest BCUT2D eigenvalue weighted by Crippen LogP contribution is 2.26. The molecule has 3 rings (SSSR count). The van der Waals surface area contributed by atoms with Crippen LogP contribution in [0.2, 0.25) is 0 Å². The summed E-state index contributed by atoms with van der Waals surface area (Å²) in [6, 6.07) is 11.2. The second-order valence-corrected chi connectivity index (χ2v) is 4.51. The van der Waals surface area contributed by atoms with Crippen LogP contribution >= 0.6 is 0 Å². The molecule has 6 nitrogen and oxygen atoms in total. The first-order valence-electron chi connectivity index (χ1n) is 6.40. The number of anilines is 1. The molecule has 1 aromatic heterocycles. The highest BCUT2D eigenvalue weighted by molar-refractivity contribution is 6.07. The molecule has 0 atom stereocenters. The van der Waals surface area contributed by atoms with Crippen LogP contribution in [0.25, 0.3) is 6.08 Å². The SMILES string of the molecule is N#CCn1ccc(NC(=O)C2=Cc3ccccc3OC2)n1. The van der Waals surface area contributed by atoms with Gasteiger partial charge in [0.25, 0.3) is 5.91 Å². The molecule has 0 spiro atoms. The third-order valence-corrected chi connectivity index (χ3v) is 3.04.